The largest absolute Gasteiger partial charge is 0.418 e. The van der Waals surface area contributed by atoms with E-state index in [-0.39, 0.29) is 23.4 Å². The van der Waals surface area contributed by atoms with Crippen molar-refractivity contribution >= 4 is 11.7 Å². The van der Waals surface area contributed by atoms with Crippen molar-refractivity contribution in [1.82, 2.24) is 24.6 Å². The normalized spacial score (nSPS) is 15.1. The molecule has 158 valence electrons. The Balaban J connectivity index is 1.83. The molecule has 0 saturated heterocycles. The van der Waals surface area contributed by atoms with Gasteiger partial charge in [-0.25, -0.2) is 14.5 Å². The Morgan fingerprint density at radius 1 is 1.24 bits per heavy atom. The van der Waals surface area contributed by atoms with Gasteiger partial charge in [-0.2, -0.15) is 18.3 Å². The molecular weight excluding hydrogens is 385 g/mol. The van der Waals surface area contributed by atoms with E-state index in [9.17, 15) is 18.0 Å². The Morgan fingerprint density at radius 3 is 2.55 bits per heavy atom. The minimum absolute atomic E-state index is 0.0963. The molecule has 1 aromatic heterocycles. The number of urea groups is 1. The molecule has 0 atom stereocenters. The zero-order valence-electron chi connectivity index (χ0n) is 16.5. The lowest BCUT2D eigenvalue weighted by Crippen LogP contribution is -2.45. The van der Waals surface area contributed by atoms with E-state index in [4.69, 9.17) is 0 Å². The predicted octanol–water partition coefficient (Wildman–Crippen LogP) is 3.62. The summed E-state index contributed by atoms with van der Waals surface area (Å²) in [6, 6.07) is 3.41. The second-order valence-electron chi connectivity index (χ2n) is 7.43. The van der Waals surface area contributed by atoms with Crippen molar-refractivity contribution in [2.24, 2.45) is 0 Å². The predicted molar refractivity (Wildman–Crippen MR) is 103 cm³/mol. The number of rotatable bonds is 6. The summed E-state index contributed by atoms with van der Waals surface area (Å²) in [5.41, 5.74) is -0.936. The quantitative estimate of drug-likeness (QED) is 0.790. The number of hydrogen-bond acceptors (Lipinski definition) is 4. The zero-order chi connectivity index (χ0) is 21.0. The Labute approximate surface area is 167 Å². The molecule has 0 bridgehead atoms. The Morgan fingerprint density at radius 2 is 1.97 bits per heavy atom. The van der Waals surface area contributed by atoms with Crippen LogP contribution in [0.25, 0.3) is 5.69 Å². The number of amides is 2. The molecule has 1 heterocycles. The number of carbonyl (C=O) groups is 1. The third-order valence-corrected chi connectivity index (χ3v) is 5.03. The molecule has 2 amide bonds. The number of halogens is 3. The van der Waals surface area contributed by atoms with Crippen molar-refractivity contribution < 1.29 is 18.0 Å². The van der Waals surface area contributed by atoms with Crippen molar-refractivity contribution in [3.05, 3.63) is 36.4 Å². The number of alkyl halides is 3. The van der Waals surface area contributed by atoms with E-state index in [1.807, 2.05) is 19.0 Å². The number of nitrogens with one attached hydrogen (secondary N) is 1. The van der Waals surface area contributed by atoms with Gasteiger partial charge in [0.2, 0.25) is 0 Å². The van der Waals surface area contributed by atoms with Crippen LogP contribution in [-0.2, 0) is 6.18 Å². The number of carbonyl (C=O) groups excluding carboxylic acids is 1. The number of likely N-dealkylation sites (N-methyl/N-ethyl adjacent to an activating group) is 1. The van der Waals surface area contributed by atoms with E-state index in [1.54, 1.807) is 4.90 Å². The molecule has 0 spiro atoms. The summed E-state index contributed by atoms with van der Waals surface area (Å²) >= 11 is 0. The molecule has 0 aliphatic heterocycles. The van der Waals surface area contributed by atoms with Crippen LogP contribution in [0.4, 0.5) is 23.7 Å². The average molecular weight is 410 g/mol. The highest BCUT2D eigenvalue weighted by atomic mass is 19.4. The number of anilines is 1. The van der Waals surface area contributed by atoms with E-state index in [1.165, 1.54) is 24.8 Å². The fraction of sp³-hybridized carbons (Fsp3) is 0.526. The lowest BCUT2D eigenvalue weighted by Gasteiger charge is -2.30. The molecule has 1 aliphatic rings. The van der Waals surface area contributed by atoms with Crippen LogP contribution >= 0.6 is 0 Å². The van der Waals surface area contributed by atoms with Gasteiger partial charge in [-0.05, 0) is 45.1 Å². The molecular formula is C19H25F3N6O. The van der Waals surface area contributed by atoms with Gasteiger partial charge in [-0.1, -0.05) is 12.8 Å². The zero-order valence-corrected chi connectivity index (χ0v) is 16.5. The smallest absolute Gasteiger partial charge is 0.320 e. The third kappa shape index (κ3) is 5.26. The molecule has 0 radical (unpaired) electrons. The molecule has 1 aliphatic carbocycles. The lowest BCUT2D eigenvalue weighted by molar-refractivity contribution is -0.137. The van der Waals surface area contributed by atoms with Crippen molar-refractivity contribution in [2.45, 2.75) is 37.9 Å². The van der Waals surface area contributed by atoms with Crippen LogP contribution < -0.4 is 5.32 Å². The van der Waals surface area contributed by atoms with E-state index >= 15 is 0 Å². The fourth-order valence-electron chi connectivity index (χ4n) is 3.54. The summed E-state index contributed by atoms with van der Waals surface area (Å²) in [7, 11) is 3.84. The van der Waals surface area contributed by atoms with Crippen LogP contribution in [0.15, 0.2) is 30.9 Å². The summed E-state index contributed by atoms with van der Waals surface area (Å²) < 4.78 is 41.8. The van der Waals surface area contributed by atoms with Crippen LogP contribution in [0.3, 0.4) is 0 Å². The van der Waals surface area contributed by atoms with E-state index in [2.05, 4.69) is 15.4 Å². The summed E-state index contributed by atoms with van der Waals surface area (Å²) in [5, 5.41) is 6.43. The summed E-state index contributed by atoms with van der Waals surface area (Å²) in [5.74, 6) is 0. The minimum atomic E-state index is -4.60. The van der Waals surface area contributed by atoms with Gasteiger partial charge in [0.15, 0.2) is 0 Å². The maximum atomic E-state index is 13.6. The van der Waals surface area contributed by atoms with Crippen molar-refractivity contribution in [2.75, 3.05) is 32.5 Å². The topological polar surface area (TPSA) is 66.3 Å². The molecule has 1 fully saturated rings. The number of aromatic nitrogens is 3. The van der Waals surface area contributed by atoms with Crippen LogP contribution in [0.2, 0.25) is 0 Å². The molecule has 10 heteroatoms. The standard InChI is InChI=1S/C19H25F3N6O/c1-26(2)9-10-27(15-5-3-4-6-15)18(29)25-14-7-8-17(28-13-23-12-24-28)16(11-14)19(20,21)22/h7-8,11-13,15H,3-6,9-10H2,1-2H3,(H,25,29). The van der Waals surface area contributed by atoms with E-state index in [0.717, 1.165) is 36.4 Å². The molecule has 7 nitrogen and oxygen atoms in total. The minimum Gasteiger partial charge on any atom is -0.320 e. The SMILES string of the molecule is CN(C)CCN(C(=O)Nc1ccc(-n2cncn2)c(C(F)(F)F)c1)C1CCCC1. The van der Waals surface area contributed by atoms with Gasteiger partial charge >= 0.3 is 12.2 Å². The first kappa shape index (κ1) is 21.1. The molecule has 1 N–H and O–H groups in total. The highest BCUT2D eigenvalue weighted by molar-refractivity contribution is 5.90. The van der Waals surface area contributed by atoms with E-state index < -0.39 is 11.7 Å². The van der Waals surface area contributed by atoms with Gasteiger partial charge in [0.05, 0.1) is 11.3 Å². The molecule has 29 heavy (non-hydrogen) atoms. The summed E-state index contributed by atoms with van der Waals surface area (Å²) in [6.45, 7) is 1.20. The summed E-state index contributed by atoms with van der Waals surface area (Å²) in [6.07, 6.45) is 1.71. The Bertz CT molecular complexity index is 816. The van der Waals surface area contributed by atoms with Gasteiger partial charge in [-0.15, -0.1) is 0 Å². The first-order valence-electron chi connectivity index (χ1n) is 9.54. The third-order valence-electron chi connectivity index (χ3n) is 5.03. The van der Waals surface area contributed by atoms with Crippen LogP contribution in [0.1, 0.15) is 31.2 Å². The number of hydrogen-bond donors (Lipinski definition) is 1. The molecule has 1 saturated carbocycles. The fourth-order valence-corrected chi connectivity index (χ4v) is 3.54. The first-order valence-corrected chi connectivity index (χ1v) is 9.54. The van der Waals surface area contributed by atoms with Crippen LogP contribution in [0, 0.1) is 0 Å². The number of nitrogens with zero attached hydrogens (tertiary/aromatic N) is 5. The second-order valence-corrected chi connectivity index (χ2v) is 7.43. The number of benzene rings is 1. The van der Waals surface area contributed by atoms with Crippen molar-refractivity contribution in [1.29, 1.82) is 0 Å². The van der Waals surface area contributed by atoms with Gasteiger partial charge in [0.25, 0.3) is 0 Å². The maximum Gasteiger partial charge on any atom is 0.418 e. The van der Waals surface area contributed by atoms with Gasteiger partial charge in [0, 0.05) is 24.8 Å². The van der Waals surface area contributed by atoms with Gasteiger partial charge in [0.1, 0.15) is 12.7 Å². The maximum absolute atomic E-state index is 13.6. The van der Waals surface area contributed by atoms with Gasteiger partial charge < -0.3 is 15.1 Å². The lowest BCUT2D eigenvalue weighted by atomic mass is 10.1. The average Bonchev–Trinajstić information content (AvgIpc) is 3.35. The van der Waals surface area contributed by atoms with Crippen molar-refractivity contribution in [3.63, 3.8) is 0 Å². The van der Waals surface area contributed by atoms with Crippen molar-refractivity contribution in [3.8, 4) is 5.69 Å². The first-order chi connectivity index (χ1) is 13.8. The Hall–Kier alpha value is -2.62. The highest BCUT2D eigenvalue weighted by Crippen LogP contribution is 2.35. The van der Waals surface area contributed by atoms with Crippen LogP contribution in [-0.4, -0.2) is 63.8 Å². The second kappa shape index (κ2) is 8.81. The molecule has 1 aromatic carbocycles. The summed E-state index contributed by atoms with van der Waals surface area (Å²) in [4.78, 5) is 20.3. The highest BCUT2D eigenvalue weighted by Gasteiger charge is 2.35. The monoisotopic (exact) mass is 410 g/mol. The van der Waals surface area contributed by atoms with Gasteiger partial charge in [-0.3, -0.25) is 0 Å². The molecule has 0 unspecified atom stereocenters. The Kier molecular flexibility index (Phi) is 6.41. The van der Waals surface area contributed by atoms with E-state index in [0.29, 0.717) is 13.1 Å². The van der Waals surface area contributed by atoms with Crippen LogP contribution in [0.5, 0.6) is 0 Å². The molecule has 3 rings (SSSR count). The molecule has 2 aromatic rings.